The summed E-state index contributed by atoms with van der Waals surface area (Å²) in [5.74, 6) is -1.32. The van der Waals surface area contributed by atoms with E-state index in [1.165, 1.54) is 18.9 Å². The number of esters is 1. The monoisotopic (exact) mass is 384 g/mol. The molecule has 0 radical (unpaired) electrons. The quantitative estimate of drug-likeness (QED) is 0.751. The van der Waals surface area contributed by atoms with Gasteiger partial charge in [-0.05, 0) is 16.3 Å². The van der Waals surface area contributed by atoms with Crippen LogP contribution in [0.3, 0.4) is 0 Å². The molecule has 0 aromatic heterocycles. The van der Waals surface area contributed by atoms with Gasteiger partial charge in [-0.25, -0.2) is 4.79 Å². The number of nitrogens with zero attached hydrogens (tertiary/aromatic N) is 1. The number of hydrogen-bond donors (Lipinski definition) is 2. The van der Waals surface area contributed by atoms with E-state index in [0.29, 0.717) is 0 Å². The molecule has 2 N–H and O–H groups in total. The van der Waals surface area contributed by atoms with Crippen LogP contribution in [-0.2, 0) is 25.5 Å². The van der Waals surface area contributed by atoms with Crippen molar-refractivity contribution in [3.05, 3.63) is 48.0 Å². The number of amides is 2. The highest BCUT2D eigenvalue weighted by Gasteiger charge is 2.39. The van der Waals surface area contributed by atoms with Crippen LogP contribution in [0.15, 0.2) is 42.5 Å². The Hall–Kier alpha value is -2.93. The van der Waals surface area contributed by atoms with Crippen LogP contribution < -0.4 is 5.32 Å². The minimum Gasteiger partial charge on any atom is -0.467 e. The van der Waals surface area contributed by atoms with Gasteiger partial charge in [-0.1, -0.05) is 42.5 Å². The first kappa shape index (κ1) is 19.8. The van der Waals surface area contributed by atoms with Crippen molar-refractivity contribution in [2.45, 2.75) is 38.0 Å². The van der Waals surface area contributed by atoms with E-state index in [9.17, 15) is 19.5 Å². The number of benzene rings is 2. The van der Waals surface area contributed by atoms with Crippen LogP contribution in [0.5, 0.6) is 0 Å². The zero-order valence-corrected chi connectivity index (χ0v) is 15.9. The van der Waals surface area contributed by atoms with Crippen molar-refractivity contribution in [1.82, 2.24) is 10.2 Å². The largest absolute Gasteiger partial charge is 0.467 e. The van der Waals surface area contributed by atoms with Gasteiger partial charge in [-0.15, -0.1) is 0 Å². The molecule has 7 heteroatoms. The van der Waals surface area contributed by atoms with Crippen molar-refractivity contribution in [2.24, 2.45) is 0 Å². The third kappa shape index (κ3) is 4.14. The van der Waals surface area contributed by atoms with E-state index in [2.05, 4.69) is 5.32 Å². The number of carbonyl (C=O) groups excluding carboxylic acids is 3. The third-order valence-electron chi connectivity index (χ3n) is 5.09. The fraction of sp³-hybridized carbons (Fsp3) is 0.381. The first-order valence-corrected chi connectivity index (χ1v) is 9.20. The highest BCUT2D eigenvalue weighted by molar-refractivity contribution is 5.92. The second-order valence-corrected chi connectivity index (χ2v) is 7.00. The van der Waals surface area contributed by atoms with Crippen LogP contribution in [-0.4, -0.2) is 59.6 Å². The molecular formula is C21H24N2O5. The summed E-state index contributed by atoms with van der Waals surface area (Å²) >= 11 is 0. The zero-order chi connectivity index (χ0) is 20.3. The van der Waals surface area contributed by atoms with E-state index in [1.54, 1.807) is 0 Å². The molecular weight excluding hydrogens is 360 g/mol. The molecule has 0 saturated carbocycles. The molecule has 2 aromatic carbocycles. The number of carbonyl (C=O) groups is 3. The molecule has 28 heavy (non-hydrogen) atoms. The molecule has 1 heterocycles. The molecule has 0 unspecified atom stereocenters. The first-order valence-electron chi connectivity index (χ1n) is 9.20. The molecule has 1 saturated heterocycles. The molecule has 1 aliphatic heterocycles. The maximum Gasteiger partial charge on any atom is 0.328 e. The summed E-state index contributed by atoms with van der Waals surface area (Å²) in [5.41, 5.74) is 0.906. The van der Waals surface area contributed by atoms with Crippen molar-refractivity contribution >= 4 is 28.6 Å². The minimum absolute atomic E-state index is 0.111. The number of hydrogen-bond acceptors (Lipinski definition) is 5. The first-order chi connectivity index (χ1) is 13.4. The van der Waals surface area contributed by atoms with Gasteiger partial charge in [0.15, 0.2) is 0 Å². The fourth-order valence-corrected chi connectivity index (χ4v) is 3.70. The molecule has 148 valence electrons. The van der Waals surface area contributed by atoms with Crippen LogP contribution in [0.1, 0.15) is 18.9 Å². The van der Waals surface area contributed by atoms with Crippen LogP contribution in [0.4, 0.5) is 0 Å². The lowest BCUT2D eigenvalue weighted by Crippen LogP contribution is -2.51. The van der Waals surface area contributed by atoms with E-state index in [-0.39, 0.29) is 25.3 Å². The Morgan fingerprint density at radius 2 is 1.93 bits per heavy atom. The molecule has 3 rings (SSSR count). The van der Waals surface area contributed by atoms with E-state index < -0.39 is 30.1 Å². The number of fused-ring (bicyclic) bond motifs is 1. The summed E-state index contributed by atoms with van der Waals surface area (Å²) in [5, 5.41) is 14.6. The van der Waals surface area contributed by atoms with Gasteiger partial charge < -0.3 is 20.1 Å². The summed E-state index contributed by atoms with van der Waals surface area (Å²) in [6, 6.07) is 11.9. The minimum atomic E-state index is -0.894. The highest BCUT2D eigenvalue weighted by atomic mass is 16.5. The van der Waals surface area contributed by atoms with Crippen LogP contribution in [0, 0.1) is 0 Å². The van der Waals surface area contributed by atoms with E-state index in [1.807, 2.05) is 42.5 Å². The van der Waals surface area contributed by atoms with Crippen LogP contribution >= 0.6 is 0 Å². The Labute approximate surface area is 163 Å². The Morgan fingerprint density at radius 3 is 2.64 bits per heavy atom. The average Bonchev–Trinajstić information content (AvgIpc) is 3.09. The fourth-order valence-electron chi connectivity index (χ4n) is 3.70. The van der Waals surface area contributed by atoms with Crippen molar-refractivity contribution < 1.29 is 24.2 Å². The summed E-state index contributed by atoms with van der Waals surface area (Å²) < 4.78 is 4.87. The van der Waals surface area contributed by atoms with Crippen molar-refractivity contribution in [3.63, 3.8) is 0 Å². The summed E-state index contributed by atoms with van der Waals surface area (Å²) in [6.45, 7) is 1.46. The molecule has 1 aliphatic rings. The third-order valence-corrected chi connectivity index (χ3v) is 5.09. The summed E-state index contributed by atoms with van der Waals surface area (Å²) in [4.78, 5) is 38.2. The maximum atomic E-state index is 12.8. The summed E-state index contributed by atoms with van der Waals surface area (Å²) in [7, 11) is 1.27. The number of ether oxygens (including phenoxy) is 1. The molecule has 2 aromatic rings. The van der Waals surface area contributed by atoms with Crippen molar-refractivity contribution in [3.8, 4) is 0 Å². The molecule has 0 spiro atoms. The van der Waals surface area contributed by atoms with Crippen molar-refractivity contribution in [2.75, 3.05) is 13.7 Å². The Kier molecular flexibility index (Phi) is 5.94. The number of β-amino-alcohol motifs (C(OH)–C–C–N with tert-alkyl or cyclic N) is 1. The standard InChI is InChI=1S/C21H24N2O5/c1-13(24)23-12-16(25)11-19(23)20(26)22-18(21(27)28-2)10-15-8-5-7-14-6-3-4-9-17(14)15/h3-9,16,18-19,25H,10-12H2,1-2H3,(H,22,26)/t16-,18+,19+/m1/s1. The molecule has 1 fully saturated rings. The smallest absolute Gasteiger partial charge is 0.328 e. The van der Waals surface area contributed by atoms with Gasteiger partial charge in [0.25, 0.3) is 0 Å². The van der Waals surface area contributed by atoms with Gasteiger partial charge in [0, 0.05) is 26.3 Å². The van der Waals surface area contributed by atoms with E-state index in [4.69, 9.17) is 4.74 Å². The second kappa shape index (κ2) is 8.39. The predicted octanol–water partition coefficient (Wildman–Crippen LogP) is 1.02. The topological polar surface area (TPSA) is 95.9 Å². The SMILES string of the molecule is COC(=O)[C@H](Cc1cccc2ccccc12)NC(=O)[C@@H]1C[C@@H](O)CN1C(C)=O. The number of methoxy groups -OCH3 is 1. The number of likely N-dealkylation sites (tertiary alicyclic amines) is 1. The van der Waals surface area contributed by atoms with Crippen LogP contribution in [0.2, 0.25) is 0 Å². The van der Waals surface area contributed by atoms with E-state index >= 15 is 0 Å². The number of aliphatic hydroxyl groups is 1. The normalized spacial score (nSPS) is 20.0. The van der Waals surface area contributed by atoms with Gasteiger partial charge in [0.05, 0.1) is 13.2 Å². The zero-order valence-electron chi connectivity index (χ0n) is 15.9. The molecule has 3 atom stereocenters. The lowest BCUT2D eigenvalue weighted by Gasteiger charge is -2.25. The lowest BCUT2D eigenvalue weighted by atomic mass is 9.98. The predicted molar refractivity (Wildman–Crippen MR) is 103 cm³/mol. The highest BCUT2D eigenvalue weighted by Crippen LogP contribution is 2.21. The summed E-state index contributed by atoms with van der Waals surface area (Å²) in [6.07, 6.45) is -0.350. The Balaban J connectivity index is 1.82. The van der Waals surface area contributed by atoms with E-state index in [0.717, 1.165) is 16.3 Å². The van der Waals surface area contributed by atoms with Gasteiger partial charge in [-0.2, -0.15) is 0 Å². The molecule has 0 bridgehead atoms. The maximum absolute atomic E-state index is 12.8. The number of nitrogens with one attached hydrogen (secondary N) is 1. The lowest BCUT2D eigenvalue weighted by molar-refractivity contribution is -0.146. The molecule has 0 aliphatic carbocycles. The van der Waals surface area contributed by atoms with Gasteiger partial charge in [0.1, 0.15) is 12.1 Å². The second-order valence-electron chi connectivity index (χ2n) is 7.00. The Morgan fingerprint density at radius 1 is 1.21 bits per heavy atom. The number of rotatable bonds is 5. The molecule has 2 amide bonds. The van der Waals surface area contributed by atoms with Crippen molar-refractivity contribution in [1.29, 1.82) is 0 Å². The molecule has 7 nitrogen and oxygen atoms in total. The Bertz CT molecular complexity index is 892. The van der Waals surface area contributed by atoms with Gasteiger partial charge in [0.2, 0.25) is 11.8 Å². The van der Waals surface area contributed by atoms with Gasteiger partial charge in [-0.3, -0.25) is 9.59 Å². The number of aliphatic hydroxyl groups excluding tert-OH is 1. The van der Waals surface area contributed by atoms with Crippen LogP contribution in [0.25, 0.3) is 10.8 Å². The average molecular weight is 384 g/mol. The van der Waals surface area contributed by atoms with Gasteiger partial charge >= 0.3 is 5.97 Å².